The Bertz CT molecular complexity index is 633. The smallest absolute Gasteiger partial charge is 0.230 e. The molecule has 1 aliphatic heterocycles. The maximum absolute atomic E-state index is 12.3. The van der Waals surface area contributed by atoms with E-state index in [1.807, 2.05) is 44.2 Å². The van der Waals surface area contributed by atoms with Gasteiger partial charge in [-0.1, -0.05) is 30.3 Å². The third-order valence-corrected chi connectivity index (χ3v) is 3.74. The van der Waals surface area contributed by atoms with Crippen LogP contribution in [-0.2, 0) is 11.3 Å². The fraction of sp³-hybridized carbons (Fsp3) is 0.438. The molecular formula is C16H20N4O. The number of nitrogens with one attached hydrogen (secondary N) is 1. The molecule has 3 rings (SSSR count). The molecule has 1 amide bonds. The lowest BCUT2D eigenvalue weighted by molar-refractivity contribution is -0.123. The minimum atomic E-state index is -0.189. The summed E-state index contributed by atoms with van der Waals surface area (Å²) in [5.41, 5.74) is 1.04. The Labute approximate surface area is 124 Å². The van der Waals surface area contributed by atoms with Crippen molar-refractivity contribution < 1.29 is 4.79 Å². The van der Waals surface area contributed by atoms with Crippen molar-refractivity contribution in [2.75, 3.05) is 0 Å². The van der Waals surface area contributed by atoms with Gasteiger partial charge in [0.1, 0.15) is 5.82 Å². The van der Waals surface area contributed by atoms with E-state index in [0.717, 1.165) is 36.6 Å². The average Bonchev–Trinajstić information content (AvgIpc) is 2.91. The number of hydrogen-bond donors (Lipinski definition) is 1. The lowest BCUT2D eigenvalue weighted by atomic mass is 9.97. The van der Waals surface area contributed by atoms with Gasteiger partial charge in [0.15, 0.2) is 5.82 Å². The van der Waals surface area contributed by atoms with Crippen LogP contribution < -0.4 is 5.32 Å². The Balaban J connectivity index is 1.94. The van der Waals surface area contributed by atoms with Crippen molar-refractivity contribution in [3.05, 3.63) is 36.2 Å². The monoisotopic (exact) mass is 284 g/mol. The van der Waals surface area contributed by atoms with E-state index in [1.165, 1.54) is 0 Å². The van der Waals surface area contributed by atoms with Crippen LogP contribution in [-0.4, -0.2) is 26.7 Å². The molecule has 1 unspecified atom stereocenters. The van der Waals surface area contributed by atoms with Crippen molar-refractivity contribution in [3.8, 4) is 11.4 Å². The number of nitrogens with zero attached hydrogens (tertiary/aromatic N) is 3. The Hall–Kier alpha value is -2.17. The average molecular weight is 284 g/mol. The van der Waals surface area contributed by atoms with Crippen molar-refractivity contribution in [2.45, 2.75) is 45.2 Å². The maximum Gasteiger partial charge on any atom is 0.230 e. The zero-order valence-electron chi connectivity index (χ0n) is 12.4. The summed E-state index contributed by atoms with van der Waals surface area (Å²) in [6.07, 6.45) is 1.81. The van der Waals surface area contributed by atoms with Gasteiger partial charge in [-0.3, -0.25) is 4.79 Å². The molecule has 1 atom stereocenters. The van der Waals surface area contributed by atoms with Crippen LogP contribution in [0, 0.1) is 0 Å². The largest absolute Gasteiger partial charge is 0.353 e. The predicted octanol–water partition coefficient (Wildman–Crippen LogP) is 2.35. The van der Waals surface area contributed by atoms with Gasteiger partial charge < -0.3 is 9.88 Å². The highest BCUT2D eigenvalue weighted by Crippen LogP contribution is 2.30. The molecule has 1 aromatic heterocycles. The lowest BCUT2D eigenvalue weighted by Crippen LogP contribution is -2.37. The fourth-order valence-electron chi connectivity index (χ4n) is 2.81. The van der Waals surface area contributed by atoms with Crippen LogP contribution in [0.15, 0.2) is 30.3 Å². The van der Waals surface area contributed by atoms with E-state index in [1.54, 1.807) is 0 Å². The molecule has 1 aromatic carbocycles. The van der Waals surface area contributed by atoms with Crippen LogP contribution >= 0.6 is 0 Å². The van der Waals surface area contributed by atoms with Gasteiger partial charge in [0, 0.05) is 18.2 Å². The predicted molar refractivity (Wildman–Crippen MR) is 80.7 cm³/mol. The van der Waals surface area contributed by atoms with Gasteiger partial charge >= 0.3 is 0 Å². The van der Waals surface area contributed by atoms with Gasteiger partial charge in [0.2, 0.25) is 5.91 Å². The highest BCUT2D eigenvalue weighted by Gasteiger charge is 2.31. The van der Waals surface area contributed by atoms with Crippen molar-refractivity contribution in [3.63, 3.8) is 0 Å². The minimum Gasteiger partial charge on any atom is -0.353 e. The van der Waals surface area contributed by atoms with Gasteiger partial charge in [-0.25, -0.2) is 0 Å². The summed E-state index contributed by atoms with van der Waals surface area (Å²) in [4.78, 5) is 12.3. The molecule has 0 saturated carbocycles. The number of amides is 1. The molecule has 0 spiro atoms. The third kappa shape index (κ3) is 2.68. The van der Waals surface area contributed by atoms with Crippen LogP contribution in [0.1, 0.15) is 38.4 Å². The van der Waals surface area contributed by atoms with Gasteiger partial charge in [0.25, 0.3) is 0 Å². The van der Waals surface area contributed by atoms with E-state index in [9.17, 15) is 4.79 Å². The molecule has 5 heteroatoms. The fourth-order valence-corrected chi connectivity index (χ4v) is 2.81. The van der Waals surface area contributed by atoms with Crippen LogP contribution in [0.2, 0.25) is 0 Å². The first-order chi connectivity index (χ1) is 10.2. The van der Waals surface area contributed by atoms with Crippen molar-refractivity contribution >= 4 is 5.91 Å². The summed E-state index contributed by atoms with van der Waals surface area (Å²) < 4.78 is 2.09. The molecule has 0 aliphatic carbocycles. The second-order valence-electron chi connectivity index (χ2n) is 5.76. The zero-order valence-corrected chi connectivity index (χ0v) is 12.4. The van der Waals surface area contributed by atoms with Gasteiger partial charge in [-0.2, -0.15) is 0 Å². The number of hydrogen-bond acceptors (Lipinski definition) is 3. The van der Waals surface area contributed by atoms with E-state index in [0.29, 0.717) is 0 Å². The Morgan fingerprint density at radius 3 is 2.76 bits per heavy atom. The summed E-state index contributed by atoms with van der Waals surface area (Å²) in [5.74, 6) is 1.51. The first-order valence-electron chi connectivity index (χ1n) is 7.45. The first-order valence-corrected chi connectivity index (χ1v) is 7.45. The second-order valence-corrected chi connectivity index (χ2v) is 5.76. The molecule has 110 valence electrons. The maximum atomic E-state index is 12.3. The van der Waals surface area contributed by atoms with Gasteiger partial charge in [-0.05, 0) is 26.7 Å². The van der Waals surface area contributed by atoms with E-state index < -0.39 is 0 Å². The molecule has 1 N–H and O–H groups in total. The summed E-state index contributed by atoms with van der Waals surface area (Å²) in [7, 11) is 0. The van der Waals surface area contributed by atoms with E-state index >= 15 is 0 Å². The quantitative estimate of drug-likeness (QED) is 0.941. The lowest BCUT2D eigenvalue weighted by Gasteiger charge is -2.23. The Kier molecular flexibility index (Phi) is 3.73. The number of carbonyl (C=O) groups excluding carboxylic acids is 1. The zero-order chi connectivity index (χ0) is 14.8. The van der Waals surface area contributed by atoms with Crippen LogP contribution in [0.3, 0.4) is 0 Å². The van der Waals surface area contributed by atoms with E-state index in [2.05, 4.69) is 20.1 Å². The Morgan fingerprint density at radius 1 is 1.29 bits per heavy atom. The number of benzene rings is 1. The first kappa shape index (κ1) is 13.8. The number of fused-ring (bicyclic) bond motifs is 1. The van der Waals surface area contributed by atoms with Crippen LogP contribution in [0.5, 0.6) is 0 Å². The second kappa shape index (κ2) is 5.68. The molecule has 1 aliphatic rings. The van der Waals surface area contributed by atoms with Crippen LogP contribution in [0.25, 0.3) is 11.4 Å². The van der Waals surface area contributed by atoms with Gasteiger partial charge in [-0.15, -0.1) is 10.2 Å². The molecule has 2 aromatic rings. The number of carbonyl (C=O) groups is 1. The van der Waals surface area contributed by atoms with Crippen LogP contribution in [0.4, 0.5) is 0 Å². The minimum absolute atomic E-state index is 0.0537. The molecule has 0 bridgehead atoms. The molecule has 5 nitrogen and oxygen atoms in total. The highest BCUT2D eigenvalue weighted by molar-refractivity contribution is 5.83. The van der Waals surface area contributed by atoms with E-state index in [-0.39, 0.29) is 17.9 Å². The Morgan fingerprint density at radius 2 is 2.05 bits per heavy atom. The molecule has 2 heterocycles. The summed E-state index contributed by atoms with van der Waals surface area (Å²) in [5, 5.41) is 11.6. The molecular weight excluding hydrogens is 264 g/mol. The number of rotatable bonds is 3. The summed E-state index contributed by atoms with van der Waals surface area (Å²) in [6.45, 7) is 4.82. The molecule has 0 saturated heterocycles. The number of aromatic nitrogens is 3. The highest BCUT2D eigenvalue weighted by atomic mass is 16.2. The van der Waals surface area contributed by atoms with Crippen molar-refractivity contribution in [1.82, 2.24) is 20.1 Å². The van der Waals surface area contributed by atoms with E-state index in [4.69, 9.17) is 0 Å². The summed E-state index contributed by atoms with van der Waals surface area (Å²) >= 11 is 0. The third-order valence-electron chi connectivity index (χ3n) is 3.74. The normalized spacial score (nSPS) is 17.6. The van der Waals surface area contributed by atoms with Gasteiger partial charge in [0.05, 0.1) is 5.92 Å². The summed E-state index contributed by atoms with van der Waals surface area (Å²) in [6, 6.07) is 10.1. The topological polar surface area (TPSA) is 59.8 Å². The van der Waals surface area contributed by atoms with Crippen molar-refractivity contribution in [1.29, 1.82) is 0 Å². The molecule has 21 heavy (non-hydrogen) atoms. The molecule has 0 radical (unpaired) electrons. The standard InChI is InChI=1S/C16H20N4O/c1-11(2)17-16(21)13-9-6-10-20-14(18-19-15(13)20)12-7-4-3-5-8-12/h3-5,7-8,11,13H,6,9-10H2,1-2H3,(H,17,21). The SMILES string of the molecule is CC(C)NC(=O)C1CCCn2c(-c3ccccc3)nnc21. The molecule has 0 fully saturated rings. The van der Waals surface area contributed by atoms with Crippen molar-refractivity contribution in [2.24, 2.45) is 0 Å².